The molecule has 2 aromatic rings. The Morgan fingerprint density at radius 1 is 1.43 bits per heavy atom. The lowest BCUT2D eigenvalue weighted by molar-refractivity contribution is 0.0632. The fourth-order valence-corrected chi connectivity index (χ4v) is 2.72. The van der Waals surface area contributed by atoms with E-state index >= 15 is 0 Å². The molecule has 0 aliphatic carbocycles. The molecule has 0 spiro atoms. The standard InChI is InChI=1S/C16H17FN2O2/c1-11-14(5-8-21-11)16(20)19-7-6-18-10-15(19)12-3-2-4-13(17)9-12/h2-5,8-9,15,18H,6-7,10H2,1H3. The second kappa shape index (κ2) is 5.69. The number of hydrogen-bond acceptors (Lipinski definition) is 3. The van der Waals surface area contributed by atoms with E-state index in [4.69, 9.17) is 4.42 Å². The lowest BCUT2D eigenvalue weighted by Gasteiger charge is -2.36. The van der Waals surface area contributed by atoms with Crippen LogP contribution in [0, 0.1) is 12.7 Å². The van der Waals surface area contributed by atoms with Gasteiger partial charge in [-0.2, -0.15) is 0 Å². The molecule has 5 heteroatoms. The van der Waals surface area contributed by atoms with Crippen molar-refractivity contribution < 1.29 is 13.6 Å². The SMILES string of the molecule is Cc1occc1C(=O)N1CCNCC1c1cccc(F)c1. The minimum Gasteiger partial charge on any atom is -0.469 e. The highest BCUT2D eigenvalue weighted by Gasteiger charge is 2.30. The molecule has 0 saturated carbocycles. The van der Waals surface area contributed by atoms with Crippen molar-refractivity contribution in [1.82, 2.24) is 10.2 Å². The Hall–Kier alpha value is -2.14. The largest absolute Gasteiger partial charge is 0.469 e. The number of aryl methyl sites for hydroxylation is 1. The normalized spacial score (nSPS) is 18.8. The maximum atomic E-state index is 13.4. The van der Waals surface area contributed by atoms with Gasteiger partial charge in [-0.15, -0.1) is 0 Å². The third-order valence-corrected chi connectivity index (χ3v) is 3.83. The maximum absolute atomic E-state index is 13.4. The van der Waals surface area contributed by atoms with E-state index in [1.165, 1.54) is 18.4 Å². The van der Waals surface area contributed by atoms with Crippen LogP contribution in [0.3, 0.4) is 0 Å². The van der Waals surface area contributed by atoms with Gasteiger partial charge < -0.3 is 14.6 Å². The number of rotatable bonds is 2. The molecule has 0 bridgehead atoms. The highest BCUT2D eigenvalue weighted by Crippen LogP contribution is 2.25. The number of benzene rings is 1. The van der Waals surface area contributed by atoms with E-state index in [0.717, 1.165) is 12.1 Å². The molecule has 110 valence electrons. The third kappa shape index (κ3) is 2.69. The summed E-state index contributed by atoms with van der Waals surface area (Å²) in [4.78, 5) is 14.5. The number of hydrogen-bond donors (Lipinski definition) is 1. The van der Waals surface area contributed by atoms with E-state index in [-0.39, 0.29) is 17.8 Å². The van der Waals surface area contributed by atoms with Gasteiger partial charge in [0.05, 0.1) is 17.9 Å². The van der Waals surface area contributed by atoms with E-state index in [1.54, 1.807) is 24.0 Å². The first-order chi connectivity index (χ1) is 10.2. The summed E-state index contributed by atoms with van der Waals surface area (Å²) in [6, 6.07) is 7.93. The summed E-state index contributed by atoms with van der Waals surface area (Å²) in [5, 5.41) is 3.26. The summed E-state index contributed by atoms with van der Waals surface area (Å²) < 4.78 is 18.7. The first kappa shape index (κ1) is 13.8. The Labute approximate surface area is 122 Å². The maximum Gasteiger partial charge on any atom is 0.257 e. The molecular formula is C16H17FN2O2. The van der Waals surface area contributed by atoms with Crippen molar-refractivity contribution in [2.24, 2.45) is 0 Å². The van der Waals surface area contributed by atoms with E-state index < -0.39 is 0 Å². The van der Waals surface area contributed by atoms with Crippen LogP contribution in [0.4, 0.5) is 4.39 Å². The number of halogens is 1. The van der Waals surface area contributed by atoms with Crippen LogP contribution in [0.5, 0.6) is 0 Å². The van der Waals surface area contributed by atoms with Gasteiger partial charge in [-0.05, 0) is 30.7 Å². The average molecular weight is 288 g/mol. The molecule has 1 aliphatic heterocycles. The molecule has 1 aliphatic rings. The predicted octanol–water partition coefficient (Wildman–Crippen LogP) is 2.51. The lowest BCUT2D eigenvalue weighted by Crippen LogP contribution is -2.48. The number of amides is 1. The van der Waals surface area contributed by atoms with Gasteiger partial charge in [-0.3, -0.25) is 4.79 Å². The van der Waals surface area contributed by atoms with Gasteiger partial charge >= 0.3 is 0 Å². The van der Waals surface area contributed by atoms with Crippen molar-refractivity contribution in [3.8, 4) is 0 Å². The topological polar surface area (TPSA) is 45.5 Å². The molecule has 1 aromatic carbocycles. The van der Waals surface area contributed by atoms with Gasteiger partial charge in [-0.25, -0.2) is 4.39 Å². The molecule has 1 amide bonds. The zero-order valence-corrected chi connectivity index (χ0v) is 11.8. The van der Waals surface area contributed by atoms with Crippen molar-refractivity contribution in [2.75, 3.05) is 19.6 Å². The fourth-order valence-electron chi connectivity index (χ4n) is 2.72. The van der Waals surface area contributed by atoms with Crippen LogP contribution >= 0.6 is 0 Å². The van der Waals surface area contributed by atoms with Crippen LogP contribution < -0.4 is 5.32 Å². The Bertz CT molecular complexity index is 653. The quantitative estimate of drug-likeness (QED) is 0.923. The zero-order valence-electron chi connectivity index (χ0n) is 11.8. The van der Waals surface area contributed by atoms with Crippen LogP contribution in [0.2, 0.25) is 0 Å². The number of nitrogens with one attached hydrogen (secondary N) is 1. The number of carbonyl (C=O) groups is 1. The Balaban J connectivity index is 1.92. The molecule has 4 nitrogen and oxygen atoms in total. The van der Waals surface area contributed by atoms with E-state index in [0.29, 0.717) is 24.4 Å². The average Bonchev–Trinajstić information content (AvgIpc) is 2.93. The smallest absolute Gasteiger partial charge is 0.257 e. The summed E-state index contributed by atoms with van der Waals surface area (Å²) in [5.41, 5.74) is 1.37. The second-order valence-corrected chi connectivity index (χ2v) is 5.16. The Kier molecular flexibility index (Phi) is 3.75. The number of nitrogens with zero attached hydrogens (tertiary/aromatic N) is 1. The van der Waals surface area contributed by atoms with Crippen LogP contribution in [0.15, 0.2) is 41.0 Å². The van der Waals surface area contributed by atoms with Crippen LogP contribution in [0.25, 0.3) is 0 Å². The molecule has 1 saturated heterocycles. The summed E-state index contributed by atoms with van der Waals surface area (Å²) in [6.45, 7) is 3.71. The third-order valence-electron chi connectivity index (χ3n) is 3.83. The second-order valence-electron chi connectivity index (χ2n) is 5.16. The Morgan fingerprint density at radius 3 is 3.00 bits per heavy atom. The molecule has 0 radical (unpaired) electrons. The number of carbonyl (C=O) groups excluding carboxylic acids is 1. The summed E-state index contributed by atoms with van der Waals surface area (Å²) in [7, 11) is 0. The van der Waals surface area contributed by atoms with Crippen molar-refractivity contribution in [3.05, 3.63) is 59.3 Å². The molecule has 1 atom stereocenters. The predicted molar refractivity (Wildman–Crippen MR) is 76.5 cm³/mol. The number of furan rings is 1. The van der Waals surface area contributed by atoms with E-state index in [2.05, 4.69) is 5.32 Å². The molecule has 1 N–H and O–H groups in total. The molecule has 2 heterocycles. The summed E-state index contributed by atoms with van der Waals surface area (Å²) in [6.07, 6.45) is 1.52. The van der Waals surface area contributed by atoms with Crippen molar-refractivity contribution in [3.63, 3.8) is 0 Å². The fraction of sp³-hybridized carbons (Fsp3) is 0.312. The van der Waals surface area contributed by atoms with Crippen molar-refractivity contribution in [1.29, 1.82) is 0 Å². The molecule has 1 aromatic heterocycles. The zero-order chi connectivity index (χ0) is 14.8. The molecule has 1 fully saturated rings. The van der Waals surface area contributed by atoms with Gasteiger partial charge in [0.15, 0.2) is 0 Å². The first-order valence-electron chi connectivity index (χ1n) is 6.98. The molecule has 21 heavy (non-hydrogen) atoms. The van der Waals surface area contributed by atoms with E-state index in [1.807, 2.05) is 6.07 Å². The lowest BCUT2D eigenvalue weighted by atomic mass is 10.0. The minimum absolute atomic E-state index is 0.0722. The molecular weight excluding hydrogens is 271 g/mol. The summed E-state index contributed by atoms with van der Waals surface area (Å²) in [5.74, 6) is 0.249. The highest BCUT2D eigenvalue weighted by atomic mass is 19.1. The van der Waals surface area contributed by atoms with Gasteiger partial charge in [0.25, 0.3) is 5.91 Å². The molecule has 3 rings (SSSR count). The minimum atomic E-state index is -0.287. The van der Waals surface area contributed by atoms with Crippen molar-refractivity contribution in [2.45, 2.75) is 13.0 Å². The Morgan fingerprint density at radius 2 is 2.29 bits per heavy atom. The molecule has 1 unspecified atom stereocenters. The first-order valence-corrected chi connectivity index (χ1v) is 6.98. The van der Waals surface area contributed by atoms with Gasteiger partial charge in [0.2, 0.25) is 0 Å². The van der Waals surface area contributed by atoms with Crippen LogP contribution in [0.1, 0.15) is 27.7 Å². The van der Waals surface area contributed by atoms with Gasteiger partial charge in [0, 0.05) is 19.6 Å². The summed E-state index contributed by atoms with van der Waals surface area (Å²) >= 11 is 0. The van der Waals surface area contributed by atoms with Crippen LogP contribution in [-0.2, 0) is 0 Å². The highest BCUT2D eigenvalue weighted by molar-refractivity contribution is 5.95. The van der Waals surface area contributed by atoms with Gasteiger partial charge in [0.1, 0.15) is 11.6 Å². The van der Waals surface area contributed by atoms with Crippen molar-refractivity contribution >= 4 is 5.91 Å². The monoisotopic (exact) mass is 288 g/mol. The van der Waals surface area contributed by atoms with Gasteiger partial charge in [-0.1, -0.05) is 12.1 Å². The van der Waals surface area contributed by atoms with E-state index in [9.17, 15) is 9.18 Å². The van der Waals surface area contributed by atoms with Crippen LogP contribution in [-0.4, -0.2) is 30.4 Å². The number of piperazine rings is 1.